The van der Waals surface area contributed by atoms with Crippen molar-refractivity contribution < 1.29 is 9.59 Å². The Morgan fingerprint density at radius 2 is 2.04 bits per heavy atom. The summed E-state index contributed by atoms with van der Waals surface area (Å²) in [6, 6.07) is 7.48. The molecule has 0 radical (unpaired) electrons. The Hall–Kier alpha value is -1.92. The molecular weight excluding hydrogens is 292 g/mol. The van der Waals surface area contributed by atoms with Gasteiger partial charge in [-0.1, -0.05) is 12.1 Å². The number of hydrogen-bond acceptors (Lipinski definition) is 4. The van der Waals surface area contributed by atoms with Crippen molar-refractivity contribution in [2.24, 2.45) is 0 Å². The third kappa shape index (κ3) is 4.53. The Bertz CT molecular complexity index is 573. The van der Waals surface area contributed by atoms with Gasteiger partial charge in [0.2, 0.25) is 5.91 Å². The Labute approximate surface area is 138 Å². The number of rotatable bonds is 4. The van der Waals surface area contributed by atoms with Gasteiger partial charge in [-0.05, 0) is 38.8 Å². The normalized spacial score (nSPS) is 19.0. The predicted octanol–water partition coefficient (Wildman–Crippen LogP) is 0.598. The minimum atomic E-state index is -0.0744. The van der Waals surface area contributed by atoms with Crippen molar-refractivity contribution in [1.82, 2.24) is 20.0 Å². The number of carbonyl (C=O) groups is 2. The summed E-state index contributed by atoms with van der Waals surface area (Å²) in [7, 11) is 6.15. The van der Waals surface area contributed by atoms with Crippen LogP contribution in [0.3, 0.4) is 0 Å². The molecule has 0 aromatic heterocycles. The first kappa shape index (κ1) is 17.4. The zero-order chi connectivity index (χ0) is 17.0. The Balaban J connectivity index is 2.08. The molecule has 1 aromatic rings. The number of nitrogens with zero attached hydrogens (tertiary/aromatic N) is 3. The predicted molar refractivity (Wildman–Crippen MR) is 90.0 cm³/mol. The summed E-state index contributed by atoms with van der Waals surface area (Å²) in [6.07, 6.45) is 0.232. The lowest BCUT2D eigenvalue weighted by atomic mass is 10.1. The molecule has 2 amide bonds. The highest BCUT2D eigenvalue weighted by Gasteiger charge is 2.29. The van der Waals surface area contributed by atoms with Gasteiger partial charge >= 0.3 is 0 Å². The molecule has 6 heteroatoms. The van der Waals surface area contributed by atoms with Crippen molar-refractivity contribution in [3.8, 4) is 0 Å². The minimum absolute atomic E-state index is 0.0506. The van der Waals surface area contributed by atoms with Crippen LogP contribution in [0.2, 0.25) is 0 Å². The Morgan fingerprint density at radius 1 is 1.30 bits per heavy atom. The number of piperazine rings is 1. The minimum Gasteiger partial charge on any atom is -0.352 e. The second-order valence-electron chi connectivity index (χ2n) is 6.29. The van der Waals surface area contributed by atoms with E-state index in [1.807, 2.05) is 43.3 Å². The molecule has 0 saturated carbocycles. The molecule has 1 saturated heterocycles. The topological polar surface area (TPSA) is 55.9 Å². The van der Waals surface area contributed by atoms with Gasteiger partial charge in [-0.15, -0.1) is 0 Å². The zero-order valence-electron chi connectivity index (χ0n) is 14.4. The van der Waals surface area contributed by atoms with Crippen LogP contribution in [0.4, 0.5) is 0 Å². The second kappa shape index (κ2) is 7.57. The lowest BCUT2D eigenvalue weighted by Crippen LogP contribution is -2.58. The molecule has 0 spiro atoms. The van der Waals surface area contributed by atoms with Crippen LogP contribution in [0.25, 0.3) is 0 Å². The van der Waals surface area contributed by atoms with Crippen molar-refractivity contribution >= 4 is 11.8 Å². The number of hydrogen-bond donors (Lipinski definition) is 1. The monoisotopic (exact) mass is 318 g/mol. The van der Waals surface area contributed by atoms with Gasteiger partial charge in [0.25, 0.3) is 5.91 Å². The molecule has 6 nitrogen and oxygen atoms in total. The van der Waals surface area contributed by atoms with Crippen LogP contribution in [0.1, 0.15) is 22.8 Å². The van der Waals surface area contributed by atoms with E-state index in [2.05, 4.69) is 22.2 Å². The number of nitrogens with one attached hydrogen (secondary N) is 1. The molecule has 126 valence electrons. The van der Waals surface area contributed by atoms with Gasteiger partial charge in [0.15, 0.2) is 0 Å². The van der Waals surface area contributed by atoms with E-state index in [0.717, 1.165) is 18.7 Å². The van der Waals surface area contributed by atoms with Crippen molar-refractivity contribution in [3.63, 3.8) is 0 Å². The highest BCUT2D eigenvalue weighted by molar-refractivity contribution is 5.94. The maximum Gasteiger partial charge on any atom is 0.254 e. The molecule has 1 fully saturated rings. The fourth-order valence-electron chi connectivity index (χ4n) is 2.82. The molecule has 1 atom stereocenters. The smallest absolute Gasteiger partial charge is 0.254 e. The van der Waals surface area contributed by atoms with Crippen LogP contribution in [0, 0.1) is 0 Å². The zero-order valence-corrected chi connectivity index (χ0v) is 14.4. The summed E-state index contributed by atoms with van der Waals surface area (Å²) in [6.45, 7) is 4.22. The second-order valence-corrected chi connectivity index (χ2v) is 6.29. The van der Waals surface area contributed by atoms with Gasteiger partial charge in [-0.2, -0.15) is 0 Å². The third-order valence-electron chi connectivity index (χ3n) is 4.21. The molecule has 1 aliphatic rings. The van der Waals surface area contributed by atoms with Gasteiger partial charge in [-0.25, -0.2) is 0 Å². The van der Waals surface area contributed by atoms with Crippen LogP contribution in [0.15, 0.2) is 24.3 Å². The van der Waals surface area contributed by atoms with Crippen LogP contribution in [-0.2, 0) is 11.3 Å². The Morgan fingerprint density at radius 3 is 2.70 bits per heavy atom. The van der Waals surface area contributed by atoms with E-state index < -0.39 is 0 Å². The standard InChI is InChI=1S/C17H26N4O2/c1-13(22)18-11-14-6-5-7-15(10-14)17(23)21-9-8-20(4)16(12-21)19(2)3/h5-7,10,16H,8-9,11-12H2,1-4H3,(H,18,22)/t16-/m0/s1. The molecule has 1 aliphatic heterocycles. The van der Waals surface area contributed by atoms with Crippen molar-refractivity contribution in [1.29, 1.82) is 0 Å². The highest BCUT2D eigenvalue weighted by atomic mass is 16.2. The highest BCUT2D eigenvalue weighted by Crippen LogP contribution is 2.14. The summed E-state index contributed by atoms with van der Waals surface area (Å²) in [5.41, 5.74) is 1.61. The summed E-state index contributed by atoms with van der Waals surface area (Å²) in [5, 5.41) is 2.76. The van der Waals surface area contributed by atoms with E-state index in [4.69, 9.17) is 0 Å². The fraction of sp³-hybridized carbons (Fsp3) is 0.529. The van der Waals surface area contributed by atoms with E-state index >= 15 is 0 Å². The molecule has 0 bridgehead atoms. The first-order chi connectivity index (χ1) is 10.9. The van der Waals surface area contributed by atoms with Gasteiger partial charge in [0.1, 0.15) is 0 Å². The maximum atomic E-state index is 12.8. The Kier molecular flexibility index (Phi) is 5.74. The third-order valence-corrected chi connectivity index (χ3v) is 4.21. The summed E-state index contributed by atoms with van der Waals surface area (Å²) < 4.78 is 0. The van der Waals surface area contributed by atoms with Gasteiger partial charge in [0.05, 0.1) is 6.17 Å². The summed E-state index contributed by atoms with van der Waals surface area (Å²) >= 11 is 0. The van der Waals surface area contributed by atoms with Crippen molar-refractivity contribution in [2.75, 3.05) is 40.8 Å². The lowest BCUT2D eigenvalue weighted by molar-refractivity contribution is -0.119. The van der Waals surface area contributed by atoms with Crippen molar-refractivity contribution in [3.05, 3.63) is 35.4 Å². The van der Waals surface area contributed by atoms with E-state index in [0.29, 0.717) is 18.7 Å². The van der Waals surface area contributed by atoms with Gasteiger partial charge < -0.3 is 10.2 Å². The summed E-state index contributed by atoms with van der Waals surface area (Å²) in [5.74, 6) is -0.0238. The largest absolute Gasteiger partial charge is 0.352 e. The van der Waals surface area contributed by atoms with E-state index in [-0.39, 0.29) is 18.0 Å². The average Bonchev–Trinajstić information content (AvgIpc) is 2.52. The van der Waals surface area contributed by atoms with Crippen LogP contribution >= 0.6 is 0 Å². The first-order valence-electron chi connectivity index (χ1n) is 7.88. The van der Waals surface area contributed by atoms with Gasteiger partial charge in [-0.3, -0.25) is 19.4 Å². The van der Waals surface area contributed by atoms with E-state index in [9.17, 15) is 9.59 Å². The molecule has 1 N–H and O–H groups in total. The van der Waals surface area contributed by atoms with Crippen LogP contribution in [0.5, 0.6) is 0 Å². The van der Waals surface area contributed by atoms with Crippen LogP contribution < -0.4 is 5.32 Å². The number of likely N-dealkylation sites (N-methyl/N-ethyl adjacent to an activating group) is 2. The van der Waals surface area contributed by atoms with Crippen LogP contribution in [-0.4, -0.2) is 73.5 Å². The first-order valence-corrected chi connectivity index (χ1v) is 7.88. The van der Waals surface area contributed by atoms with E-state index in [1.165, 1.54) is 6.92 Å². The van der Waals surface area contributed by atoms with Crippen molar-refractivity contribution in [2.45, 2.75) is 19.6 Å². The number of amides is 2. The average molecular weight is 318 g/mol. The quantitative estimate of drug-likeness (QED) is 0.883. The molecular formula is C17H26N4O2. The SMILES string of the molecule is CC(=O)NCc1cccc(C(=O)N2CCN(C)[C@H](N(C)C)C2)c1. The fourth-order valence-corrected chi connectivity index (χ4v) is 2.82. The maximum absolute atomic E-state index is 12.8. The summed E-state index contributed by atoms with van der Waals surface area (Å²) in [4.78, 5) is 30.1. The number of carbonyl (C=O) groups excluding carboxylic acids is 2. The molecule has 2 rings (SSSR count). The van der Waals surface area contributed by atoms with Gasteiger partial charge in [0, 0.05) is 38.7 Å². The molecule has 0 unspecified atom stereocenters. The van der Waals surface area contributed by atoms with E-state index in [1.54, 1.807) is 0 Å². The number of benzene rings is 1. The lowest BCUT2D eigenvalue weighted by Gasteiger charge is -2.42. The molecule has 1 aromatic carbocycles. The molecule has 23 heavy (non-hydrogen) atoms. The molecule has 0 aliphatic carbocycles. The molecule has 1 heterocycles.